The van der Waals surface area contributed by atoms with Crippen molar-refractivity contribution < 1.29 is 14.3 Å². The average molecular weight is 250 g/mol. The third-order valence-electron chi connectivity index (χ3n) is 3.04. The molecule has 2 unspecified atom stereocenters. The molecule has 98 valence electrons. The van der Waals surface area contributed by atoms with Crippen LogP contribution in [0.2, 0.25) is 0 Å². The van der Waals surface area contributed by atoms with Gasteiger partial charge in [0.1, 0.15) is 11.8 Å². The van der Waals surface area contributed by atoms with E-state index in [9.17, 15) is 4.79 Å². The van der Waals surface area contributed by atoms with E-state index < -0.39 is 11.9 Å². The molecule has 1 aromatic carbocycles. The minimum atomic E-state index is -0.500. The fraction of sp³-hybridized carbons (Fsp3) is 0.462. The van der Waals surface area contributed by atoms with Crippen molar-refractivity contribution in [2.75, 3.05) is 19.0 Å². The molecular weight excluding hydrogens is 232 g/mol. The third-order valence-corrected chi connectivity index (χ3v) is 3.04. The van der Waals surface area contributed by atoms with Crippen LogP contribution in [0, 0.1) is 0 Å². The largest absolute Gasteiger partial charge is 0.497 e. The SMILES string of the molecule is COc1cccc(NC(C(N)=O)C2CCCO2)c1. The molecule has 1 amide bonds. The summed E-state index contributed by atoms with van der Waals surface area (Å²) in [4.78, 5) is 11.5. The molecule has 0 saturated carbocycles. The lowest BCUT2D eigenvalue weighted by Gasteiger charge is -2.22. The molecule has 18 heavy (non-hydrogen) atoms. The minimum absolute atomic E-state index is 0.145. The van der Waals surface area contributed by atoms with Crippen molar-refractivity contribution in [2.24, 2.45) is 5.73 Å². The number of amides is 1. The number of methoxy groups -OCH3 is 1. The van der Waals surface area contributed by atoms with Crippen LogP contribution in [0.1, 0.15) is 12.8 Å². The molecule has 1 aliphatic heterocycles. The van der Waals surface area contributed by atoms with Crippen LogP contribution in [-0.2, 0) is 9.53 Å². The van der Waals surface area contributed by atoms with E-state index in [2.05, 4.69) is 5.32 Å². The maximum absolute atomic E-state index is 11.5. The molecule has 1 fully saturated rings. The maximum Gasteiger partial charge on any atom is 0.242 e. The Morgan fingerprint density at radius 1 is 1.61 bits per heavy atom. The first kappa shape index (κ1) is 12.7. The molecule has 1 heterocycles. The van der Waals surface area contributed by atoms with Gasteiger partial charge in [0.25, 0.3) is 0 Å². The Labute approximate surface area is 106 Å². The molecular formula is C13H18N2O3. The van der Waals surface area contributed by atoms with E-state index >= 15 is 0 Å². The molecule has 3 N–H and O–H groups in total. The number of hydrogen-bond acceptors (Lipinski definition) is 4. The standard InChI is InChI=1S/C13H18N2O3/c1-17-10-5-2-4-9(8-10)15-12(13(14)16)11-6-3-7-18-11/h2,4-5,8,11-12,15H,3,6-7H2,1H3,(H2,14,16). The molecule has 2 rings (SSSR count). The van der Waals surface area contributed by atoms with Crippen molar-refractivity contribution >= 4 is 11.6 Å². The van der Waals surface area contributed by atoms with Crippen LogP contribution >= 0.6 is 0 Å². The van der Waals surface area contributed by atoms with Gasteiger partial charge in [-0.05, 0) is 25.0 Å². The first-order chi connectivity index (χ1) is 8.70. The molecule has 0 aliphatic carbocycles. The molecule has 0 aromatic heterocycles. The number of carbonyl (C=O) groups excluding carboxylic acids is 1. The van der Waals surface area contributed by atoms with Crippen molar-refractivity contribution in [3.63, 3.8) is 0 Å². The van der Waals surface area contributed by atoms with Crippen LogP contribution < -0.4 is 15.8 Å². The van der Waals surface area contributed by atoms with Crippen molar-refractivity contribution in [1.29, 1.82) is 0 Å². The quantitative estimate of drug-likeness (QED) is 0.822. The lowest BCUT2D eigenvalue weighted by molar-refractivity contribution is -0.121. The zero-order valence-electron chi connectivity index (χ0n) is 10.4. The monoisotopic (exact) mass is 250 g/mol. The van der Waals surface area contributed by atoms with E-state index in [-0.39, 0.29) is 6.10 Å². The van der Waals surface area contributed by atoms with Crippen LogP contribution in [0.3, 0.4) is 0 Å². The summed E-state index contributed by atoms with van der Waals surface area (Å²) in [6.45, 7) is 0.689. The first-order valence-electron chi connectivity index (χ1n) is 6.02. The van der Waals surface area contributed by atoms with Crippen LogP contribution in [0.15, 0.2) is 24.3 Å². The fourth-order valence-electron chi connectivity index (χ4n) is 2.11. The smallest absolute Gasteiger partial charge is 0.242 e. The Balaban J connectivity index is 2.10. The topological polar surface area (TPSA) is 73.6 Å². The fourth-order valence-corrected chi connectivity index (χ4v) is 2.11. The normalized spacial score (nSPS) is 20.4. The summed E-state index contributed by atoms with van der Waals surface area (Å²) in [6, 6.07) is 6.89. The predicted octanol–water partition coefficient (Wildman–Crippen LogP) is 1.14. The van der Waals surface area contributed by atoms with Gasteiger partial charge in [-0.2, -0.15) is 0 Å². The lowest BCUT2D eigenvalue weighted by Crippen LogP contribution is -2.44. The highest BCUT2D eigenvalue weighted by Gasteiger charge is 2.30. The molecule has 2 atom stereocenters. The molecule has 0 bridgehead atoms. The summed E-state index contributed by atoms with van der Waals surface area (Å²) in [7, 11) is 1.60. The molecule has 1 saturated heterocycles. The first-order valence-corrected chi connectivity index (χ1v) is 6.02. The highest BCUT2D eigenvalue weighted by atomic mass is 16.5. The van der Waals surface area contributed by atoms with Crippen molar-refractivity contribution in [3.8, 4) is 5.75 Å². The van der Waals surface area contributed by atoms with Gasteiger partial charge in [-0.1, -0.05) is 6.07 Å². The number of nitrogens with one attached hydrogen (secondary N) is 1. The highest BCUT2D eigenvalue weighted by Crippen LogP contribution is 2.22. The predicted molar refractivity (Wildman–Crippen MR) is 68.6 cm³/mol. The zero-order valence-corrected chi connectivity index (χ0v) is 10.4. The number of benzene rings is 1. The number of ether oxygens (including phenoxy) is 2. The van der Waals surface area contributed by atoms with Gasteiger partial charge in [-0.3, -0.25) is 4.79 Å². The molecule has 0 radical (unpaired) electrons. The van der Waals surface area contributed by atoms with Gasteiger partial charge in [-0.15, -0.1) is 0 Å². The Morgan fingerprint density at radius 2 is 2.44 bits per heavy atom. The number of rotatable bonds is 5. The van der Waals surface area contributed by atoms with Gasteiger partial charge in [0.15, 0.2) is 0 Å². The Hall–Kier alpha value is -1.75. The van der Waals surface area contributed by atoms with Gasteiger partial charge < -0.3 is 20.5 Å². The molecule has 1 aliphatic rings. The summed E-state index contributed by atoms with van der Waals surface area (Å²) in [5, 5.41) is 3.12. The van der Waals surface area contributed by atoms with Gasteiger partial charge in [0.2, 0.25) is 5.91 Å². The van der Waals surface area contributed by atoms with E-state index in [4.69, 9.17) is 15.2 Å². The zero-order chi connectivity index (χ0) is 13.0. The third kappa shape index (κ3) is 2.92. The summed E-state index contributed by atoms with van der Waals surface area (Å²) >= 11 is 0. The van der Waals surface area contributed by atoms with Gasteiger partial charge >= 0.3 is 0 Å². The van der Waals surface area contributed by atoms with Crippen LogP contribution in [0.4, 0.5) is 5.69 Å². The second kappa shape index (κ2) is 5.73. The number of carbonyl (C=O) groups is 1. The summed E-state index contributed by atoms with van der Waals surface area (Å²) < 4.78 is 10.6. The van der Waals surface area contributed by atoms with E-state index in [0.29, 0.717) is 6.61 Å². The van der Waals surface area contributed by atoms with Gasteiger partial charge in [0, 0.05) is 18.4 Å². The Bertz CT molecular complexity index is 416. The minimum Gasteiger partial charge on any atom is -0.497 e. The van der Waals surface area contributed by atoms with E-state index in [1.54, 1.807) is 7.11 Å². The molecule has 5 heteroatoms. The summed E-state index contributed by atoms with van der Waals surface area (Å²) in [6.07, 6.45) is 1.67. The number of hydrogen-bond donors (Lipinski definition) is 2. The van der Waals surface area contributed by atoms with E-state index in [1.165, 1.54) is 0 Å². The van der Waals surface area contributed by atoms with E-state index in [1.807, 2.05) is 24.3 Å². The summed E-state index contributed by atoms with van der Waals surface area (Å²) in [5.41, 5.74) is 6.22. The summed E-state index contributed by atoms with van der Waals surface area (Å²) in [5.74, 6) is 0.334. The second-order valence-corrected chi connectivity index (χ2v) is 4.31. The maximum atomic E-state index is 11.5. The second-order valence-electron chi connectivity index (χ2n) is 4.31. The van der Waals surface area contributed by atoms with Gasteiger partial charge in [0.05, 0.1) is 13.2 Å². The van der Waals surface area contributed by atoms with Crippen LogP contribution in [-0.4, -0.2) is 31.8 Å². The Kier molecular flexibility index (Phi) is 4.04. The number of primary amides is 1. The van der Waals surface area contributed by atoms with Crippen molar-refractivity contribution in [3.05, 3.63) is 24.3 Å². The highest BCUT2D eigenvalue weighted by molar-refractivity contribution is 5.83. The lowest BCUT2D eigenvalue weighted by atomic mass is 10.1. The van der Waals surface area contributed by atoms with Gasteiger partial charge in [-0.25, -0.2) is 0 Å². The molecule has 5 nitrogen and oxygen atoms in total. The number of anilines is 1. The van der Waals surface area contributed by atoms with Crippen LogP contribution in [0.25, 0.3) is 0 Å². The Morgan fingerprint density at radius 3 is 3.06 bits per heavy atom. The molecule has 1 aromatic rings. The van der Waals surface area contributed by atoms with E-state index in [0.717, 1.165) is 24.3 Å². The number of nitrogens with two attached hydrogens (primary N) is 1. The molecule has 0 spiro atoms. The van der Waals surface area contributed by atoms with Crippen molar-refractivity contribution in [1.82, 2.24) is 0 Å². The van der Waals surface area contributed by atoms with Crippen LogP contribution in [0.5, 0.6) is 5.75 Å². The van der Waals surface area contributed by atoms with Crippen molar-refractivity contribution in [2.45, 2.75) is 25.0 Å². The average Bonchev–Trinajstić information content (AvgIpc) is 2.89.